The van der Waals surface area contributed by atoms with Crippen molar-refractivity contribution < 1.29 is 9.47 Å². The number of nitrogens with one attached hydrogen (secondary N) is 1. The van der Waals surface area contributed by atoms with Gasteiger partial charge in [0.2, 0.25) is 0 Å². The van der Waals surface area contributed by atoms with Crippen LogP contribution in [0.3, 0.4) is 0 Å². The van der Waals surface area contributed by atoms with Crippen LogP contribution in [0.25, 0.3) is 0 Å². The summed E-state index contributed by atoms with van der Waals surface area (Å²) in [7, 11) is 0. The van der Waals surface area contributed by atoms with Crippen molar-refractivity contribution in [2.24, 2.45) is 5.92 Å². The van der Waals surface area contributed by atoms with Crippen LogP contribution in [-0.4, -0.2) is 13.2 Å². The fourth-order valence-corrected chi connectivity index (χ4v) is 2.88. The van der Waals surface area contributed by atoms with Gasteiger partial charge in [0.25, 0.3) is 0 Å². The Balaban J connectivity index is 1.58. The molecule has 1 aliphatic heterocycles. The van der Waals surface area contributed by atoms with E-state index in [1.165, 1.54) is 18.4 Å². The fourth-order valence-electron chi connectivity index (χ4n) is 2.88. The quantitative estimate of drug-likeness (QED) is 0.918. The van der Waals surface area contributed by atoms with Crippen LogP contribution in [-0.2, 0) is 0 Å². The van der Waals surface area contributed by atoms with Crippen molar-refractivity contribution >= 4 is 5.69 Å². The number of anilines is 1. The highest BCUT2D eigenvalue weighted by Gasteiger charge is 2.32. The average Bonchev–Trinajstić information content (AvgIpc) is 3.38. The summed E-state index contributed by atoms with van der Waals surface area (Å²) in [6.07, 6.45) is 2.61. The van der Waals surface area contributed by atoms with Gasteiger partial charge in [-0.2, -0.15) is 0 Å². The van der Waals surface area contributed by atoms with Crippen LogP contribution in [0.15, 0.2) is 48.5 Å². The van der Waals surface area contributed by atoms with Gasteiger partial charge >= 0.3 is 0 Å². The van der Waals surface area contributed by atoms with Gasteiger partial charge in [0.1, 0.15) is 13.2 Å². The molecule has 1 aliphatic carbocycles. The first-order valence-corrected chi connectivity index (χ1v) is 7.61. The maximum absolute atomic E-state index is 5.66. The van der Waals surface area contributed by atoms with Crippen molar-refractivity contribution in [1.29, 1.82) is 0 Å². The molecule has 4 rings (SSSR count). The van der Waals surface area contributed by atoms with E-state index in [0.29, 0.717) is 19.3 Å². The molecule has 21 heavy (non-hydrogen) atoms. The third-order valence-corrected chi connectivity index (χ3v) is 4.12. The number of benzene rings is 2. The summed E-state index contributed by atoms with van der Waals surface area (Å²) in [6, 6.07) is 17.2. The predicted molar refractivity (Wildman–Crippen MR) is 83.0 cm³/mol. The van der Waals surface area contributed by atoms with Gasteiger partial charge in [0, 0.05) is 11.8 Å². The summed E-state index contributed by atoms with van der Waals surface area (Å²) in [4.78, 5) is 0. The Labute approximate surface area is 124 Å². The molecule has 1 atom stereocenters. The molecule has 1 fully saturated rings. The first-order chi connectivity index (χ1) is 10.4. The zero-order chi connectivity index (χ0) is 14.1. The highest BCUT2D eigenvalue weighted by Crippen LogP contribution is 2.43. The molecule has 0 amide bonds. The minimum absolute atomic E-state index is 0.383. The maximum Gasteiger partial charge on any atom is 0.163 e. The summed E-state index contributed by atoms with van der Waals surface area (Å²) in [5.41, 5.74) is 2.45. The Bertz CT molecular complexity index is 622. The Hall–Kier alpha value is -2.16. The summed E-state index contributed by atoms with van der Waals surface area (Å²) in [5, 5.41) is 3.67. The highest BCUT2D eigenvalue weighted by molar-refractivity contribution is 5.56. The normalized spacial score (nSPS) is 18.1. The van der Waals surface area contributed by atoms with E-state index in [0.717, 1.165) is 23.1 Å². The number of rotatable bonds is 4. The largest absolute Gasteiger partial charge is 0.486 e. The smallest absolute Gasteiger partial charge is 0.163 e. The number of fused-ring (bicyclic) bond motifs is 1. The Morgan fingerprint density at radius 1 is 0.905 bits per heavy atom. The van der Waals surface area contributed by atoms with E-state index >= 15 is 0 Å². The summed E-state index contributed by atoms with van der Waals surface area (Å²) in [6.45, 7) is 1.26. The minimum Gasteiger partial charge on any atom is -0.486 e. The van der Waals surface area contributed by atoms with Gasteiger partial charge in [-0.1, -0.05) is 30.3 Å². The van der Waals surface area contributed by atoms with E-state index in [2.05, 4.69) is 41.7 Å². The SMILES string of the molecule is c1ccc(C(Nc2ccc3c(c2)OCCO3)C2CC2)cc1. The molecule has 1 unspecified atom stereocenters. The molecule has 2 aliphatic rings. The minimum atomic E-state index is 0.383. The van der Waals surface area contributed by atoms with Gasteiger partial charge in [-0.3, -0.25) is 0 Å². The lowest BCUT2D eigenvalue weighted by atomic mass is 10.0. The second kappa shape index (κ2) is 5.32. The molecule has 2 aromatic rings. The van der Waals surface area contributed by atoms with Crippen LogP contribution < -0.4 is 14.8 Å². The number of ether oxygens (including phenoxy) is 2. The van der Waals surface area contributed by atoms with Crippen molar-refractivity contribution in [2.45, 2.75) is 18.9 Å². The molecule has 0 radical (unpaired) electrons. The van der Waals surface area contributed by atoms with E-state index in [1.807, 2.05) is 12.1 Å². The Morgan fingerprint density at radius 2 is 1.67 bits per heavy atom. The third-order valence-electron chi connectivity index (χ3n) is 4.12. The second-order valence-electron chi connectivity index (χ2n) is 5.73. The lowest BCUT2D eigenvalue weighted by Crippen LogP contribution is -2.16. The highest BCUT2D eigenvalue weighted by atomic mass is 16.6. The van der Waals surface area contributed by atoms with E-state index in [-0.39, 0.29) is 0 Å². The molecule has 0 aromatic heterocycles. The van der Waals surface area contributed by atoms with Gasteiger partial charge in [-0.25, -0.2) is 0 Å². The van der Waals surface area contributed by atoms with Crippen molar-refractivity contribution in [2.75, 3.05) is 18.5 Å². The van der Waals surface area contributed by atoms with Crippen LogP contribution in [0.4, 0.5) is 5.69 Å². The molecule has 3 nitrogen and oxygen atoms in total. The van der Waals surface area contributed by atoms with Gasteiger partial charge in [-0.05, 0) is 36.5 Å². The molecular formula is C18H19NO2. The zero-order valence-electron chi connectivity index (χ0n) is 11.9. The lowest BCUT2D eigenvalue weighted by molar-refractivity contribution is 0.171. The molecule has 1 N–H and O–H groups in total. The lowest BCUT2D eigenvalue weighted by Gasteiger charge is -2.23. The van der Waals surface area contributed by atoms with Gasteiger partial charge < -0.3 is 14.8 Å². The van der Waals surface area contributed by atoms with E-state index in [9.17, 15) is 0 Å². The Kier molecular flexibility index (Phi) is 3.18. The Morgan fingerprint density at radius 3 is 2.43 bits per heavy atom. The second-order valence-corrected chi connectivity index (χ2v) is 5.73. The predicted octanol–water partition coefficient (Wildman–Crippen LogP) is 4.02. The monoisotopic (exact) mass is 281 g/mol. The molecule has 0 spiro atoms. The van der Waals surface area contributed by atoms with Gasteiger partial charge in [-0.15, -0.1) is 0 Å². The summed E-state index contributed by atoms with van der Waals surface area (Å²) >= 11 is 0. The molecule has 2 aromatic carbocycles. The maximum atomic E-state index is 5.66. The van der Waals surface area contributed by atoms with E-state index in [4.69, 9.17) is 9.47 Å². The first-order valence-electron chi connectivity index (χ1n) is 7.61. The molecule has 1 saturated carbocycles. The summed E-state index contributed by atoms with van der Waals surface area (Å²) < 4.78 is 11.2. The van der Waals surface area contributed by atoms with Gasteiger partial charge in [0.15, 0.2) is 11.5 Å². The van der Waals surface area contributed by atoms with Crippen LogP contribution >= 0.6 is 0 Å². The van der Waals surface area contributed by atoms with Crippen LogP contribution in [0.5, 0.6) is 11.5 Å². The van der Waals surface area contributed by atoms with E-state index in [1.54, 1.807) is 0 Å². The molecule has 0 saturated heterocycles. The van der Waals surface area contributed by atoms with Crippen molar-refractivity contribution in [1.82, 2.24) is 0 Å². The standard InChI is InChI=1S/C18H19NO2/c1-2-4-13(5-3-1)18(14-6-7-14)19-15-8-9-16-17(12-15)21-11-10-20-16/h1-5,8-9,12,14,18-19H,6-7,10-11H2. The number of hydrogen-bond acceptors (Lipinski definition) is 3. The van der Waals surface area contributed by atoms with E-state index < -0.39 is 0 Å². The van der Waals surface area contributed by atoms with Crippen LogP contribution in [0, 0.1) is 5.92 Å². The molecule has 108 valence electrons. The number of hydrogen-bond donors (Lipinski definition) is 1. The van der Waals surface area contributed by atoms with Crippen molar-refractivity contribution in [3.05, 3.63) is 54.1 Å². The molecule has 0 bridgehead atoms. The first kappa shape index (κ1) is 12.6. The molecular weight excluding hydrogens is 262 g/mol. The van der Waals surface area contributed by atoms with Crippen LogP contribution in [0.1, 0.15) is 24.4 Å². The van der Waals surface area contributed by atoms with Crippen molar-refractivity contribution in [3.8, 4) is 11.5 Å². The third kappa shape index (κ3) is 2.68. The average molecular weight is 281 g/mol. The topological polar surface area (TPSA) is 30.5 Å². The van der Waals surface area contributed by atoms with Crippen molar-refractivity contribution in [3.63, 3.8) is 0 Å². The fraction of sp³-hybridized carbons (Fsp3) is 0.333. The van der Waals surface area contributed by atoms with Gasteiger partial charge in [0.05, 0.1) is 6.04 Å². The molecule has 1 heterocycles. The zero-order valence-corrected chi connectivity index (χ0v) is 11.9. The summed E-state index contributed by atoms with van der Waals surface area (Å²) in [5.74, 6) is 2.42. The molecule has 3 heteroatoms. The van der Waals surface area contributed by atoms with Crippen LogP contribution in [0.2, 0.25) is 0 Å².